The predicted molar refractivity (Wildman–Crippen MR) is 61.6 cm³/mol. The minimum absolute atomic E-state index is 0.0986. The summed E-state index contributed by atoms with van der Waals surface area (Å²) < 4.78 is 0. The van der Waals surface area contributed by atoms with Gasteiger partial charge < -0.3 is 15.7 Å². The van der Waals surface area contributed by atoms with Crippen LogP contribution in [0.3, 0.4) is 0 Å². The molecule has 1 aliphatic carbocycles. The molecule has 0 aromatic rings. The van der Waals surface area contributed by atoms with Gasteiger partial charge in [0.05, 0.1) is 6.10 Å². The monoisotopic (exact) mass is 212 g/mol. The first-order valence-corrected chi connectivity index (χ1v) is 6.41. The molecule has 15 heavy (non-hydrogen) atoms. The van der Waals surface area contributed by atoms with Crippen LogP contribution in [-0.4, -0.2) is 41.8 Å². The molecule has 2 fully saturated rings. The summed E-state index contributed by atoms with van der Waals surface area (Å²) in [6.07, 6.45) is 7.15. The highest BCUT2D eigenvalue weighted by atomic mass is 16.3. The number of β-amino-alcohol motifs (C(OH)–C–C–N with tert-alkyl or cyclic N) is 1. The van der Waals surface area contributed by atoms with Crippen LogP contribution in [0.25, 0.3) is 0 Å². The molecule has 1 saturated carbocycles. The van der Waals surface area contributed by atoms with E-state index < -0.39 is 0 Å². The highest BCUT2D eigenvalue weighted by Gasteiger charge is 2.26. The van der Waals surface area contributed by atoms with Crippen molar-refractivity contribution in [2.24, 2.45) is 11.7 Å². The molecule has 3 nitrogen and oxygen atoms in total. The molecule has 3 unspecified atom stereocenters. The first-order valence-electron chi connectivity index (χ1n) is 6.41. The lowest BCUT2D eigenvalue weighted by Gasteiger charge is -2.36. The molecule has 1 aliphatic heterocycles. The first-order chi connectivity index (χ1) is 7.25. The maximum absolute atomic E-state index is 9.60. The Balaban J connectivity index is 1.79. The molecule has 0 bridgehead atoms. The molecule has 0 radical (unpaired) electrons. The molecule has 0 spiro atoms. The Kier molecular flexibility index (Phi) is 4.00. The summed E-state index contributed by atoms with van der Waals surface area (Å²) in [5, 5.41) is 9.60. The van der Waals surface area contributed by atoms with Crippen molar-refractivity contribution in [2.45, 2.75) is 50.7 Å². The van der Waals surface area contributed by atoms with Gasteiger partial charge in [0.2, 0.25) is 0 Å². The van der Waals surface area contributed by atoms with Crippen molar-refractivity contribution in [1.82, 2.24) is 4.90 Å². The van der Waals surface area contributed by atoms with Crippen LogP contribution < -0.4 is 5.73 Å². The van der Waals surface area contributed by atoms with Crippen molar-refractivity contribution in [1.29, 1.82) is 0 Å². The third kappa shape index (κ3) is 3.16. The van der Waals surface area contributed by atoms with Gasteiger partial charge in [-0.3, -0.25) is 0 Å². The maximum atomic E-state index is 9.60. The van der Waals surface area contributed by atoms with E-state index in [-0.39, 0.29) is 6.10 Å². The van der Waals surface area contributed by atoms with E-state index in [1.54, 1.807) is 0 Å². The van der Waals surface area contributed by atoms with Crippen molar-refractivity contribution in [3.05, 3.63) is 0 Å². The van der Waals surface area contributed by atoms with Crippen LogP contribution in [-0.2, 0) is 0 Å². The Morgan fingerprint density at radius 2 is 1.93 bits per heavy atom. The SMILES string of the molecule is NC1CCCCC1CN1CCCC(O)C1. The van der Waals surface area contributed by atoms with Crippen molar-refractivity contribution in [3.8, 4) is 0 Å². The number of likely N-dealkylation sites (tertiary alicyclic amines) is 1. The Bertz CT molecular complexity index is 198. The zero-order valence-corrected chi connectivity index (χ0v) is 9.57. The molecule has 88 valence electrons. The van der Waals surface area contributed by atoms with E-state index in [0.29, 0.717) is 12.0 Å². The van der Waals surface area contributed by atoms with Crippen LogP contribution in [0.2, 0.25) is 0 Å². The standard InChI is InChI=1S/C12H24N2O/c13-12-6-2-1-4-10(12)8-14-7-3-5-11(15)9-14/h10-12,15H,1-9,13H2. The van der Waals surface area contributed by atoms with Crippen molar-refractivity contribution in [3.63, 3.8) is 0 Å². The molecule has 0 aromatic carbocycles. The number of aliphatic hydroxyl groups is 1. The third-order valence-corrected chi connectivity index (χ3v) is 3.94. The third-order valence-electron chi connectivity index (χ3n) is 3.94. The van der Waals surface area contributed by atoms with Crippen molar-refractivity contribution in [2.75, 3.05) is 19.6 Å². The average molecular weight is 212 g/mol. The zero-order chi connectivity index (χ0) is 10.7. The number of rotatable bonds is 2. The van der Waals surface area contributed by atoms with E-state index in [9.17, 15) is 5.11 Å². The summed E-state index contributed by atoms with van der Waals surface area (Å²) in [6, 6.07) is 0.401. The predicted octanol–water partition coefficient (Wildman–Crippen LogP) is 0.961. The lowest BCUT2D eigenvalue weighted by molar-refractivity contribution is 0.0556. The fourth-order valence-electron chi connectivity index (χ4n) is 2.99. The van der Waals surface area contributed by atoms with Gasteiger partial charge in [-0.15, -0.1) is 0 Å². The molecule has 2 aliphatic rings. The highest BCUT2D eigenvalue weighted by Crippen LogP contribution is 2.24. The fraction of sp³-hybridized carbons (Fsp3) is 1.00. The van der Waals surface area contributed by atoms with Gasteiger partial charge in [0, 0.05) is 19.1 Å². The minimum atomic E-state index is -0.0986. The van der Waals surface area contributed by atoms with Crippen molar-refractivity contribution >= 4 is 0 Å². The van der Waals surface area contributed by atoms with E-state index in [4.69, 9.17) is 5.73 Å². The Labute approximate surface area is 92.6 Å². The van der Waals surface area contributed by atoms with E-state index in [2.05, 4.69) is 4.90 Å². The zero-order valence-electron chi connectivity index (χ0n) is 9.57. The van der Waals surface area contributed by atoms with Gasteiger partial charge in [-0.1, -0.05) is 12.8 Å². The largest absolute Gasteiger partial charge is 0.392 e. The molecule has 1 heterocycles. The van der Waals surface area contributed by atoms with E-state index in [1.807, 2.05) is 0 Å². The van der Waals surface area contributed by atoms with Gasteiger partial charge >= 0.3 is 0 Å². The molecule has 0 amide bonds. The van der Waals surface area contributed by atoms with Gasteiger partial charge in [-0.05, 0) is 38.1 Å². The molecule has 1 saturated heterocycles. The number of aliphatic hydroxyl groups excluding tert-OH is 1. The summed E-state index contributed by atoms with van der Waals surface area (Å²) in [5.74, 6) is 0.670. The molecular weight excluding hydrogens is 188 g/mol. The van der Waals surface area contributed by atoms with Gasteiger partial charge in [0.25, 0.3) is 0 Å². The Morgan fingerprint density at radius 1 is 1.13 bits per heavy atom. The number of nitrogens with zero attached hydrogens (tertiary/aromatic N) is 1. The summed E-state index contributed by atoms with van der Waals surface area (Å²) >= 11 is 0. The molecule has 0 aromatic heterocycles. The number of piperidine rings is 1. The van der Waals surface area contributed by atoms with E-state index >= 15 is 0 Å². The van der Waals surface area contributed by atoms with E-state index in [1.165, 1.54) is 25.7 Å². The van der Waals surface area contributed by atoms with Crippen LogP contribution >= 0.6 is 0 Å². The second kappa shape index (κ2) is 5.28. The summed E-state index contributed by atoms with van der Waals surface area (Å²) in [7, 11) is 0. The molecule has 3 N–H and O–H groups in total. The minimum Gasteiger partial charge on any atom is -0.392 e. The Morgan fingerprint density at radius 3 is 2.67 bits per heavy atom. The summed E-state index contributed by atoms with van der Waals surface area (Å²) in [5.41, 5.74) is 6.14. The smallest absolute Gasteiger partial charge is 0.0667 e. The van der Waals surface area contributed by atoms with Crippen LogP contribution in [0.4, 0.5) is 0 Å². The van der Waals surface area contributed by atoms with Crippen LogP contribution in [0.1, 0.15) is 38.5 Å². The molecule has 2 rings (SSSR count). The second-order valence-electron chi connectivity index (χ2n) is 5.26. The number of hydrogen-bond acceptors (Lipinski definition) is 3. The first kappa shape index (κ1) is 11.4. The van der Waals surface area contributed by atoms with Crippen LogP contribution in [0.15, 0.2) is 0 Å². The maximum Gasteiger partial charge on any atom is 0.0667 e. The lowest BCUT2D eigenvalue weighted by Crippen LogP contribution is -2.45. The van der Waals surface area contributed by atoms with Crippen molar-refractivity contribution < 1.29 is 5.11 Å². The lowest BCUT2D eigenvalue weighted by atomic mass is 9.84. The molecule has 3 atom stereocenters. The Hall–Kier alpha value is -0.120. The average Bonchev–Trinajstić information content (AvgIpc) is 2.22. The topological polar surface area (TPSA) is 49.5 Å². The van der Waals surface area contributed by atoms with Gasteiger partial charge in [-0.25, -0.2) is 0 Å². The normalized spacial score (nSPS) is 39.2. The van der Waals surface area contributed by atoms with Gasteiger partial charge in [0.1, 0.15) is 0 Å². The molecular formula is C12H24N2O. The number of hydrogen-bond donors (Lipinski definition) is 2. The summed E-state index contributed by atoms with van der Waals surface area (Å²) in [6.45, 7) is 3.13. The quantitative estimate of drug-likeness (QED) is 0.717. The second-order valence-corrected chi connectivity index (χ2v) is 5.26. The van der Waals surface area contributed by atoms with Gasteiger partial charge in [0.15, 0.2) is 0 Å². The van der Waals surface area contributed by atoms with Crippen LogP contribution in [0, 0.1) is 5.92 Å². The molecule has 3 heteroatoms. The van der Waals surface area contributed by atoms with Gasteiger partial charge in [-0.2, -0.15) is 0 Å². The highest BCUT2D eigenvalue weighted by molar-refractivity contribution is 4.82. The fourth-order valence-corrected chi connectivity index (χ4v) is 2.99. The number of nitrogens with two attached hydrogens (primary N) is 1. The van der Waals surface area contributed by atoms with Crippen LogP contribution in [0.5, 0.6) is 0 Å². The summed E-state index contributed by atoms with van der Waals surface area (Å²) in [4.78, 5) is 2.41. The van der Waals surface area contributed by atoms with E-state index in [0.717, 1.165) is 32.5 Å².